The lowest BCUT2D eigenvalue weighted by Gasteiger charge is -2.09. The maximum absolute atomic E-state index is 12.1. The number of benzene rings is 1. The van der Waals surface area contributed by atoms with Gasteiger partial charge in [-0.05, 0) is 12.1 Å². The number of anilines is 1. The number of halogens is 2. The summed E-state index contributed by atoms with van der Waals surface area (Å²) in [6.07, 6.45) is -2.65. The second kappa shape index (κ2) is 3.61. The first-order valence-corrected chi connectivity index (χ1v) is 4.09. The molecule has 1 aliphatic rings. The third kappa shape index (κ3) is 1.66. The predicted octanol–water partition coefficient (Wildman–Crippen LogP) is 2.06. The van der Waals surface area contributed by atoms with Crippen LogP contribution in [-0.2, 0) is 4.74 Å². The minimum Gasteiger partial charge on any atom is -0.452 e. The number of hydrogen-bond acceptors (Lipinski definition) is 3. The molecule has 0 radical (unpaired) electrons. The van der Waals surface area contributed by atoms with Gasteiger partial charge in [0.2, 0.25) is 0 Å². The van der Waals surface area contributed by atoms with E-state index in [9.17, 15) is 8.78 Å². The summed E-state index contributed by atoms with van der Waals surface area (Å²) in [5.41, 5.74) is 0.739. The topological polar surface area (TPSA) is 24.8 Å². The Hall–Kier alpha value is -1.65. The summed E-state index contributed by atoms with van der Waals surface area (Å²) in [5, 5.41) is 5.03. The summed E-state index contributed by atoms with van der Waals surface area (Å²) in [6.45, 7) is 0.0453. The predicted molar refractivity (Wildman–Crippen MR) is 48.3 cm³/mol. The number of hydrazone groups is 1. The van der Waals surface area contributed by atoms with E-state index in [0.717, 1.165) is 5.69 Å². The van der Waals surface area contributed by atoms with Gasteiger partial charge in [-0.15, -0.1) is 5.10 Å². The van der Waals surface area contributed by atoms with Gasteiger partial charge in [0, 0.05) is 0 Å². The molecule has 14 heavy (non-hydrogen) atoms. The average Bonchev–Trinajstić information content (AvgIpc) is 2.68. The fraction of sp³-hybridized carbons (Fsp3) is 0.222. The minimum absolute atomic E-state index is 0.0453. The Morgan fingerprint density at radius 2 is 2.00 bits per heavy atom. The van der Waals surface area contributed by atoms with Crippen LogP contribution in [0.1, 0.15) is 0 Å². The van der Waals surface area contributed by atoms with Gasteiger partial charge in [-0.1, -0.05) is 18.2 Å². The highest BCUT2D eigenvalue weighted by atomic mass is 19.3. The van der Waals surface area contributed by atoms with Gasteiger partial charge in [0.1, 0.15) is 0 Å². The van der Waals surface area contributed by atoms with Crippen LogP contribution in [0.2, 0.25) is 0 Å². The molecule has 3 nitrogen and oxygen atoms in total. The summed E-state index contributed by atoms with van der Waals surface area (Å²) in [7, 11) is 0. The highest BCUT2D eigenvalue weighted by Gasteiger charge is 2.24. The molecule has 1 heterocycles. The number of para-hydroxylation sites is 1. The fourth-order valence-electron chi connectivity index (χ4n) is 1.14. The van der Waals surface area contributed by atoms with E-state index in [-0.39, 0.29) is 6.73 Å². The molecule has 0 amide bonds. The largest absolute Gasteiger partial charge is 0.452 e. The van der Waals surface area contributed by atoms with Crippen LogP contribution in [0.25, 0.3) is 0 Å². The van der Waals surface area contributed by atoms with Gasteiger partial charge in [0.15, 0.2) is 6.73 Å². The highest BCUT2D eigenvalue weighted by molar-refractivity contribution is 5.82. The lowest BCUT2D eigenvalue weighted by Crippen LogP contribution is -2.12. The van der Waals surface area contributed by atoms with Gasteiger partial charge in [-0.25, -0.2) is 5.01 Å². The van der Waals surface area contributed by atoms with Crippen molar-refractivity contribution in [3.63, 3.8) is 0 Å². The van der Waals surface area contributed by atoms with Gasteiger partial charge in [0.05, 0.1) is 5.69 Å². The van der Waals surface area contributed by atoms with Gasteiger partial charge in [-0.3, -0.25) is 0 Å². The summed E-state index contributed by atoms with van der Waals surface area (Å²) >= 11 is 0. The zero-order valence-electron chi connectivity index (χ0n) is 7.23. The van der Waals surface area contributed by atoms with Crippen LogP contribution in [0, 0.1) is 0 Å². The van der Waals surface area contributed by atoms with E-state index in [2.05, 4.69) is 5.10 Å². The zero-order valence-corrected chi connectivity index (χ0v) is 7.23. The molecule has 1 aromatic carbocycles. The van der Waals surface area contributed by atoms with Crippen LogP contribution in [-0.4, -0.2) is 19.1 Å². The minimum atomic E-state index is -2.65. The second-order valence-corrected chi connectivity index (χ2v) is 2.75. The molecule has 0 aliphatic carbocycles. The second-order valence-electron chi connectivity index (χ2n) is 2.75. The van der Waals surface area contributed by atoms with Crippen molar-refractivity contribution in [2.75, 3.05) is 11.7 Å². The van der Waals surface area contributed by atoms with Gasteiger partial charge in [0.25, 0.3) is 5.90 Å². The Kier molecular flexibility index (Phi) is 2.30. The van der Waals surface area contributed by atoms with E-state index in [0.29, 0.717) is 0 Å². The third-order valence-electron chi connectivity index (χ3n) is 1.79. The zero-order chi connectivity index (χ0) is 9.97. The quantitative estimate of drug-likeness (QED) is 0.726. The summed E-state index contributed by atoms with van der Waals surface area (Å²) < 4.78 is 29.0. The van der Waals surface area contributed by atoms with Gasteiger partial charge >= 0.3 is 6.43 Å². The first kappa shape index (κ1) is 8.93. The monoisotopic (exact) mass is 198 g/mol. The van der Waals surface area contributed by atoms with Crippen LogP contribution < -0.4 is 5.01 Å². The Bertz CT molecular complexity index is 340. The number of ether oxygens (including phenoxy) is 1. The van der Waals surface area contributed by atoms with E-state index in [4.69, 9.17) is 4.74 Å². The molecule has 0 spiro atoms. The van der Waals surface area contributed by atoms with Crippen molar-refractivity contribution in [2.45, 2.75) is 6.43 Å². The molecular weight excluding hydrogens is 190 g/mol. The smallest absolute Gasteiger partial charge is 0.314 e. The van der Waals surface area contributed by atoms with Crippen molar-refractivity contribution < 1.29 is 13.5 Å². The number of alkyl halides is 2. The first-order chi connectivity index (χ1) is 6.77. The molecular formula is C9H8F2N2O. The maximum atomic E-state index is 12.1. The molecule has 0 saturated carbocycles. The standard InChI is InChI=1S/C9H8F2N2O/c10-8(11)9-12-13(6-14-9)7-4-2-1-3-5-7/h1-5,8H,6H2. The summed E-state index contributed by atoms with van der Waals surface area (Å²) in [5.74, 6) is -0.520. The van der Waals surface area contributed by atoms with Crippen molar-refractivity contribution >= 4 is 11.6 Å². The number of nitrogens with zero attached hydrogens (tertiary/aromatic N) is 2. The Morgan fingerprint density at radius 3 is 2.57 bits per heavy atom. The van der Waals surface area contributed by atoms with E-state index in [1.54, 1.807) is 12.1 Å². The number of rotatable bonds is 2. The molecule has 1 aliphatic heterocycles. The van der Waals surface area contributed by atoms with E-state index in [1.807, 2.05) is 18.2 Å². The number of hydrogen-bond donors (Lipinski definition) is 0. The van der Waals surface area contributed by atoms with Gasteiger partial charge in [-0.2, -0.15) is 8.78 Å². The molecule has 0 saturated heterocycles. The lowest BCUT2D eigenvalue weighted by molar-refractivity contribution is 0.180. The molecule has 0 N–H and O–H groups in total. The van der Waals surface area contributed by atoms with Crippen LogP contribution >= 0.6 is 0 Å². The Labute approximate surface area is 79.6 Å². The highest BCUT2D eigenvalue weighted by Crippen LogP contribution is 2.18. The molecule has 0 atom stereocenters. The van der Waals surface area contributed by atoms with Crippen molar-refractivity contribution in [1.82, 2.24) is 0 Å². The summed E-state index contributed by atoms with van der Waals surface area (Å²) in [6, 6.07) is 9.02. The van der Waals surface area contributed by atoms with E-state index >= 15 is 0 Å². The van der Waals surface area contributed by atoms with Crippen LogP contribution in [0.15, 0.2) is 35.4 Å². The normalized spacial score (nSPS) is 15.6. The van der Waals surface area contributed by atoms with Crippen LogP contribution in [0.3, 0.4) is 0 Å². The maximum Gasteiger partial charge on any atom is 0.314 e. The van der Waals surface area contributed by atoms with Crippen molar-refractivity contribution in [3.8, 4) is 0 Å². The lowest BCUT2D eigenvalue weighted by atomic mass is 10.3. The molecule has 0 unspecified atom stereocenters. The molecule has 74 valence electrons. The molecule has 0 fully saturated rings. The Morgan fingerprint density at radius 1 is 1.29 bits per heavy atom. The Balaban J connectivity index is 2.16. The van der Waals surface area contributed by atoms with E-state index in [1.165, 1.54) is 5.01 Å². The first-order valence-electron chi connectivity index (χ1n) is 4.09. The molecule has 1 aromatic rings. The SMILES string of the molecule is FC(F)C1=NN(c2ccccc2)CO1. The van der Waals surface area contributed by atoms with Crippen molar-refractivity contribution in [1.29, 1.82) is 0 Å². The van der Waals surface area contributed by atoms with Gasteiger partial charge < -0.3 is 4.74 Å². The molecule has 0 aromatic heterocycles. The van der Waals surface area contributed by atoms with Crippen LogP contribution in [0.5, 0.6) is 0 Å². The molecule has 0 bridgehead atoms. The summed E-state index contributed by atoms with van der Waals surface area (Å²) in [4.78, 5) is 0. The molecule has 2 rings (SSSR count). The van der Waals surface area contributed by atoms with E-state index < -0.39 is 12.3 Å². The fourth-order valence-corrected chi connectivity index (χ4v) is 1.14. The van der Waals surface area contributed by atoms with Crippen molar-refractivity contribution in [3.05, 3.63) is 30.3 Å². The van der Waals surface area contributed by atoms with Crippen LogP contribution in [0.4, 0.5) is 14.5 Å². The van der Waals surface area contributed by atoms with Crippen molar-refractivity contribution in [2.24, 2.45) is 5.10 Å². The third-order valence-corrected chi connectivity index (χ3v) is 1.79. The molecule has 5 heteroatoms. The average molecular weight is 198 g/mol.